The second-order valence-corrected chi connectivity index (χ2v) is 9.63. The van der Waals surface area contributed by atoms with Gasteiger partial charge in [-0.05, 0) is 49.6 Å². The highest BCUT2D eigenvalue weighted by Gasteiger charge is 2.36. The number of benzene rings is 2. The molecule has 2 heterocycles. The number of urea groups is 1. The fourth-order valence-corrected chi connectivity index (χ4v) is 4.91. The van der Waals surface area contributed by atoms with Crippen molar-refractivity contribution in [1.29, 1.82) is 0 Å². The number of primary sulfonamides is 1. The van der Waals surface area contributed by atoms with Gasteiger partial charge < -0.3 is 20.3 Å². The molecule has 0 saturated heterocycles. The van der Waals surface area contributed by atoms with Gasteiger partial charge in [0.25, 0.3) is 0 Å². The van der Waals surface area contributed by atoms with Gasteiger partial charge in [0.2, 0.25) is 10.0 Å². The van der Waals surface area contributed by atoms with Gasteiger partial charge in [0, 0.05) is 11.7 Å². The molecule has 174 valence electrons. The van der Waals surface area contributed by atoms with Crippen LogP contribution in [-0.2, 0) is 26.0 Å². The molecule has 0 aliphatic carbocycles. The minimum absolute atomic E-state index is 0.00800. The van der Waals surface area contributed by atoms with Gasteiger partial charge in [-0.1, -0.05) is 30.3 Å². The first kappa shape index (κ1) is 22.8. The molecule has 0 spiro atoms. The zero-order valence-electron chi connectivity index (χ0n) is 18.4. The minimum Gasteiger partial charge on any atom is -0.463 e. The molecule has 9 nitrogen and oxygen atoms in total. The van der Waals surface area contributed by atoms with Crippen molar-refractivity contribution in [2.75, 3.05) is 18.1 Å². The molecule has 2 aliphatic heterocycles. The number of nitrogens with zero attached hydrogens (tertiary/aromatic N) is 1. The summed E-state index contributed by atoms with van der Waals surface area (Å²) in [4.78, 5) is 27.6. The number of carbonyl (C=O) groups is 2. The Morgan fingerprint density at radius 2 is 1.94 bits per heavy atom. The van der Waals surface area contributed by atoms with Crippen molar-refractivity contribution in [3.63, 3.8) is 0 Å². The summed E-state index contributed by atoms with van der Waals surface area (Å²) in [6.07, 6.45) is 0.606. The molecule has 33 heavy (non-hydrogen) atoms. The van der Waals surface area contributed by atoms with Crippen LogP contribution in [0.2, 0.25) is 0 Å². The second kappa shape index (κ2) is 8.87. The monoisotopic (exact) mass is 470 g/mol. The molecule has 0 saturated carbocycles. The summed E-state index contributed by atoms with van der Waals surface area (Å²) in [6.45, 7) is 4.17. The molecule has 2 atom stereocenters. The van der Waals surface area contributed by atoms with Crippen LogP contribution in [0.3, 0.4) is 0 Å². The van der Waals surface area contributed by atoms with E-state index in [0.29, 0.717) is 17.7 Å². The van der Waals surface area contributed by atoms with Crippen LogP contribution in [0, 0.1) is 0 Å². The van der Waals surface area contributed by atoms with E-state index in [1.807, 2.05) is 42.2 Å². The van der Waals surface area contributed by atoms with Crippen LogP contribution >= 0.6 is 0 Å². The first-order chi connectivity index (χ1) is 15.7. The third-order valence-electron chi connectivity index (χ3n) is 5.85. The van der Waals surface area contributed by atoms with E-state index < -0.39 is 28.1 Å². The Kier molecular flexibility index (Phi) is 6.13. The van der Waals surface area contributed by atoms with Crippen LogP contribution < -0.4 is 20.7 Å². The number of rotatable bonds is 6. The molecule has 2 aliphatic rings. The normalized spacial score (nSPS) is 20.2. The van der Waals surface area contributed by atoms with Gasteiger partial charge in [0.15, 0.2) is 0 Å². The lowest BCUT2D eigenvalue weighted by Gasteiger charge is -2.33. The summed E-state index contributed by atoms with van der Waals surface area (Å²) in [5.41, 5.74) is 3.22. The first-order valence-electron chi connectivity index (χ1n) is 10.6. The number of ether oxygens (including phenoxy) is 1. The van der Waals surface area contributed by atoms with Crippen molar-refractivity contribution < 1.29 is 22.7 Å². The molecule has 10 heteroatoms. The zero-order chi connectivity index (χ0) is 23.8. The van der Waals surface area contributed by atoms with Crippen LogP contribution in [0.5, 0.6) is 0 Å². The maximum absolute atomic E-state index is 13.0. The fraction of sp³-hybridized carbons (Fsp3) is 0.304. The van der Waals surface area contributed by atoms with E-state index in [9.17, 15) is 18.0 Å². The van der Waals surface area contributed by atoms with E-state index in [4.69, 9.17) is 9.88 Å². The average molecular weight is 471 g/mol. The summed E-state index contributed by atoms with van der Waals surface area (Å²) in [7, 11) is -3.81. The van der Waals surface area contributed by atoms with Crippen molar-refractivity contribution in [2.45, 2.75) is 37.2 Å². The van der Waals surface area contributed by atoms with E-state index in [2.05, 4.69) is 10.6 Å². The highest BCUT2D eigenvalue weighted by Crippen LogP contribution is 2.36. The summed E-state index contributed by atoms with van der Waals surface area (Å²) in [5.74, 6) is -0.509. The Hall–Kier alpha value is -3.37. The number of esters is 1. The maximum atomic E-state index is 13.0. The Balaban J connectivity index is 1.76. The van der Waals surface area contributed by atoms with Crippen LogP contribution in [0.4, 0.5) is 10.5 Å². The topological polar surface area (TPSA) is 131 Å². The van der Waals surface area contributed by atoms with E-state index in [-0.39, 0.29) is 24.1 Å². The summed E-state index contributed by atoms with van der Waals surface area (Å²) >= 11 is 0. The predicted octanol–water partition coefficient (Wildman–Crippen LogP) is 1.96. The van der Waals surface area contributed by atoms with E-state index in [0.717, 1.165) is 16.8 Å². The lowest BCUT2D eigenvalue weighted by Crippen LogP contribution is -2.49. The maximum Gasteiger partial charge on any atom is 0.338 e. The van der Waals surface area contributed by atoms with Crippen molar-refractivity contribution in [2.24, 2.45) is 5.14 Å². The number of anilines is 1. The smallest absolute Gasteiger partial charge is 0.338 e. The van der Waals surface area contributed by atoms with Crippen molar-refractivity contribution >= 4 is 27.7 Å². The molecule has 0 fully saturated rings. The van der Waals surface area contributed by atoms with Gasteiger partial charge >= 0.3 is 12.0 Å². The average Bonchev–Trinajstić information content (AvgIpc) is 3.08. The van der Waals surface area contributed by atoms with Crippen LogP contribution in [0.1, 0.15) is 31.0 Å². The second-order valence-electron chi connectivity index (χ2n) is 8.07. The Bertz CT molecular complexity index is 1230. The number of fused-ring (bicyclic) bond motifs is 1. The van der Waals surface area contributed by atoms with Crippen LogP contribution in [0.15, 0.2) is 64.7 Å². The van der Waals surface area contributed by atoms with Gasteiger partial charge in [-0.25, -0.2) is 23.1 Å². The van der Waals surface area contributed by atoms with Crippen molar-refractivity contribution in [3.05, 3.63) is 70.9 Å². The van der Waals surface area contributed by atoms with Gasteiger partial charge in [0.1, 0.15) is 0 Å². The van der Waals surface area contributed by atoms with E-state index in [1.54, 1.807) is 19.1 Å². The third kappa shape index (κ3) is 4.57. The Morgan fingerprint density at radius 1 is 1.21 bits per heavy atom. The third-order valence-corrected chi connectivity index (χ3v) is 6.76. The highest BCUT2D eigenvalue weighted by molar-refractivity contribution is 7.89. The number of hydrogen-bond donors (Lipinski definition) is 3. The Labute approximate surface area is 192 Å². The predicted molar refractivity (Wildman–Crippen MR) is 123 cm³/mol. The van der Waals surface area contributed by atoms with E-state index in [1.165, 1.54) is 6.07 Å². The van der Waals surface area contributed by atoms with Crippen molar-refractivity contribution in [1.82, 2.24) is 10.6 Å². The number of nitrogens with one attached hydrogen (secondary N) is 2. The lowest BCUT2D eigenvalue weighted by atomic mass is 9.95. The molecule has 4 N–H and O–H groups in total. The molecule has 2 aromatic carbocycles. The quantitative estimate of drug-likeness (QED) is 0.553. The van der Waals surface area contributed by atoms with Gasteiger partial charge in [-0.15, -0.1) is 0 Å². The number of amides is 2. The molecule has 2 amide bonds. The molecule has 2 aromatic rings. The van der Waals surface area contributed by atoms with Crippen molar-refractivity contribution in [3.8, 4) is 0 Å². The van der Waals surface area contributed by atoms with Gasteiger partial charge in [-0.2, -0.15) is 0 Å². The number of sulfonamides is 1. The minimum atomic E-state index is -3.81. The molecule has 0 aromatic heterocycles. The summed E-state index contributed by atoms with van der Waals surface area (Å²) < 4.78 is 28.8. The number of carbonyl (C=O) groups excluding carboxylic acids is 2. The van der Waals surface area contributed by atoms with Crippen LogP contribution in [-0.4, -0.2) is 39.6 Å². The molecule has 0 radical (unpaired) electrons. The Morgan fingerprint density at radius 3 is 2.61 bits per heavy atom. The zero-order valence-corrected chi connectivity index (χ0v) is 19.2. The van der Waals surface area contributed by atoms with Crippen LogP contribution in [0.25, 0.3) is 0 Å². The molecule has 0 bridgehead atoms. The number of nitrogens with two attached hydrogens (primary N) is 1. The van der Waals surface area contributed by atoms with Gasteiger partial charge in [0.05, 0.1) is 35.4 Å². The highest BCUT2D eigenvalue weighted by atomic mass is 32.2. The lowest BCUT2D eigenvalue weighted by molar-refractivity contribution is -0.139. The van der Waals surface area contributed by atoms with E-state index >= 15 is 0 Å². The van der Waals surface area contributed by atoms with Gasteiger partial charge in [-0.3, -0.25) is 0 Å². The summed E-state index contributed by atoms with van der Waals surface area (Å²) in [5, 5.41) is 10.9. The largest absolute Gasteiger partial charge is 0.463 e. The SMILES string of the molecule is CCOC(=O)C1=C(CN2c3ccc(S(N)(=O)=O)cc3C[C@@H]2C)NC(=O)N[C@@H]1c1ccccc1. The fourth-order valence-electron chi connectivity index (χ4n) is 4.35. The molecular formula is C23H26N4O5S. The standard InChI is InChI=1S/C23H26N4O5S/c1-3-32-22(28)20-18(25-23(29)26-21(20)15-7-5-4-6-8-15)13-27-14(2)11-16-12-17(33(24,30)31)9-10-19(16)27/h4-10,12,14,21H,3,11,13H2,1-2H3,(H2,24,30,31)(H2,25,26,29)/t14-,21+/m0/s1. The first-order valence-corrected chi connectivity index (χ1v) is 12.2. The molecular weight excluding hydrogens is 444 g/mol. The molecule has 0 unspecified atom stereocenters. The summed E-state index contributed by atoms with van der Waals surface area (Å²) in [6, 6.07) is 12.9. The number of hydrogen-bond acceptors (Lipinski definition) is 6. The molecule has 4 rings (SSSR count).